The molecule has 0 heterocycles. The monoisotopic (exact) mass is 532 g/mol. The molecule has 0 amide bonds. The van der Waals surface area contributed by atoms with Crippen LogP contribution < -0.4 is 4.90 Å². The molecule has 0 atom stereocenters. The molecule has 0 saturated carbocycles. The third-order valence-corrected chi connectivity index (χ3v) is 7.02. The van der Waals surface area contributed by atoms with Crippen LogP contribution in [0.1, 0.15) is 12.3 Å². The number of hydrogen-bond donors (Lipinski definition) is 0. The van der Waals surface area contributed by atoms with Gasteiger partial charge in [0.1, 0.15) is 0 Å². The van der Waals surface area contributed by atoms with Crippen LogP contribution in [0.25, 0.3) is 44.2 Å². The third kappa shape index (κ3) is 5.02. The summed E-state index contributed by atoms with van der Waals surface area (Å²) in [5.74, 6) is 0. The second kappa shape index (κ2) is 11.0. The SMILES string of the molecule is [2H]c1c([2H])c([2H])c(-c2c([2H])c([2H])c(N(c3ccccc3)c3ccc(-c4cccc(-c5cccc6ccccc56)c4)cc3)c([2H])c2[2H])c([2H])c1[2H]. The molecule has 1 heteroatoms. The highest BCUT2D eigenvalue weighted by Gasteiger charge is 2.13. The van der Waals surface area contributed by atoms with Crippen molar-refractivity contribution in [2.75, 3.05) is 4.90 Å². The molecule has 0 fully saturated rings. The summed E-state index contributed by atoms with van der Waals surface area (Å²) in [7, 11) is 0. The van der Waals surface area contributed by atoms with Gasteiger partial charge >= 0.3 is 0 Å². The van der Waals surface area contributed by atoms with Crippen LogP contribution in [0.4, 0.5) is 17.1 Å². The molecule has 7 aromatic rings. The van der Waals surface area contributed by atoms with E-state index in [2.05, 4.69) is 42.5 Å². The van der Waals surface area contributed by atoms with E-state index in [0.29, 0.717) is 11.4 Å². The van der Waals surface area contributed by atoms with Gasteiger partial charge in [0, 0.05) is 17.1 Å². The lowest BCUT2D eigenvalue weighted by molar-refractivity contribution is 1.28. The summed E-state index contributed by atoms with van der Waals surface area (Å²) in [6, 6.07) is 34.7. The van der Waals surface area contributed by atoms with Crippen molar-refractivity contribution in [3.63, 3.8) is 0 Å². The average molecular weight is 533 g/mol. The number of benzene rings is 7. The van der Waals surface area contributed by atoms with E-state index < -0.39 is 54.4 Å². The van der Waals surface area contributed by atoms with E-state index in [1.807, 2.05) is 66.7 Å². The molecule has 0 N–H and O–H groups in total. The standard InChI is InChI=1S/C40H29N/c1-3-11-30(12-4-1)31-21-25-37(26-22-31)41(36-17-5-2-6-18-36)38-27-23-32(24-28-38)34-15-9-16-35(29-34)40-20-10-14-33-13-7-8-19-39(33)40/h1-29H/i1D,3D,4D,11D,12D,21D,22D,25D,26D. The molecule has 0 aromatic heterocycles. The maximum atomic E-state index is 9.10. The van der Waals surface area contributed by atoms with Crippen molar-refractivity contribution in [2.45, 2.75) is 0 Å². The van der Waals surface area contributed by atoms with Gasteiger partial charge in [0.25, 0.3) is 0 Å². The van der Waals surface area contributed by atoms with Crippen molar-refractivity contribution in [2.24, 2.45) is 0 Å². The van der Waals surface area contributed by atoms with Gasteiger partial charge in [0.2, 0.25) is 0 Å². The fraction of sp³-hybridized carbons (Fsp3) is 0. The Labute approximate surface area is 254 Å². The molecule has 0 bridgehead atoms. The summed E-state index contributed by atoms with van der Waals surface area (Å²) in [5.41, 5.74) is 4.57. The van der Waals surface area contributed by atoms with Gasteiger partial charge in [-0.05, 0) is 86.6 Å². The second-order valence-corrected chi connectivity index (χ2v) is 9.55. The predicted octanol–water partition coefficient (Wildman–Crippen LogP) is 11.3. The van der Waals surface area contributed by atoms with Gasteiger partial charge in [-0.1, -0.05) is 133 Å². The molecule has 194 valence electrons. The molecule has 7 rings (SSSR count). The molecule has 0 aliphatic rings. The number of anilines is 3. The van der Waals surface area contributed by atoms with Gasteiger partial charge in [-0.2, -0.15) is 0 Å². The van der Waals surface area contributed by atoms with Gasteiger partial charge in [-0.3, -0.25) is 0 Å². The Morgan fingerprint density at radius 3 is 1.83 bits per heavy atom. The van der Waals surface area contributed by atoms with Gasteiger partial charge in [-0.25, -0.2) is 0 Å². The van der Waals surface area contributed by atoms with Crippen molar-refractivity contribution in [3.8, 4) is 33.4 Å². The topological polar surface area (TPSA) is 3.24 Å². The zero-order valence-corrected chi connectivity index (χ0v) is 22.0. The van der Waals surface area contributed by atoms with Crippen LogP contribution in [-0.4, -0.2) is 0 Å². The van der Waals surface area contributed by atoms with E-state index in [-0.39, 0.29) is 16.8 Å². The largest absolute Gasteiger partial charge is 0.311 e. The Hall–Kier alpha value is -5.40. The van der Waals surface area contributed by atoms with Crippen LogP contribution in [0.3, 0.4) is 0 Å². The first-order valence-corrected chi connectivity index (χ1v) is 13.3. The Morgan fingerprint density at radius 2 is 1.02 bits per heavy atom. The van der Waals surface area contributed by atoms with Crippen LogP contribution >= 0.6 is 0 Å². The fourth-order valence-electron chi connectivity index (χ4n) is 5.05. The van der Waals surface area contributed by atoms with Crippen molar-refractivity contribution < 1.29 is 12.3 Å². The molecule has 0 aliphatic heterocycles. The van der Waals surface area contributed by atoms with Crippen LogP contribution in [0.5, 0.6) is 0 Å². The van der Waals surface area contributed by atoms with E-state index in [1.165, 1.54) is 5.39 Å². The zero-order valence-electron chi connectivity index (χ0n) is 31.0. The van der Waals surface area contributed by atoms with Crippen molar-refractivity contribution in [1.82, 2.24) is 0 Å². The molecular formula is C40H29N. The molecule has 0 unspecified atom stereocenters. The molecule has 41 heavy (non-hydrogen) atoms. The first-order valence-electron chi connectivity index (χ1n) is 17.8. The average Bonchev–Trinajstić information content (AvgIpc) is 3.15. The van der Waals surface area contributed by atoms with Gasteiger partial charge in [-0.15, -0.1) is 0 Å². The summed E-state index contributed by atoms with van der Waals surface area (Å²) in [5, 5.41) is 2.33. The van der Waals surface area contributed by atoms with Crippen LogP contribution in [0.15, 0.2) is 176 Å². The van der Waals surface area contributed by atoms with Gasteiger partial charge in [0.05, 0.1) is 12.3 Å². The normalized spacial score (nSPS) is 14.0. The molecule has 0 saturated heterocycles. The lowest BCUT2D eigenvalue weighted by atomic mass is 9.95. The minimum absolute atomic E-state index is 0.0342. The lowest BCUT2D eigenvalue weighted by Crippen LogP contribution is -2.09. The number of nitrogens with zero attached hydrogens (tertiary/aromatic N) is 1. The maximum absolute atomic E-state index is 9.10. The quantitative estimate of drug-likeness (QED) is 0.206. The first-order chi connectivity index (χ1) is 24.1. The predicted molar refractivity (Wildman–Crippen MR) is 175 cm³/mol. The van der Waals surface area contributed by atoms with Gasteiger partial charge < -0.3 is 4.90 Å². The molecular weight excluding hydrogens is 494 g/mol. The number of rotatable bonds is 6. The minimum atomic E-state index is -0.615. The van der Waals surface area contributed by atoms with Crippen molar-refractivity contribution >= 4 is 27.8 Å². The summed E-state index contributed by atoms with van der Waals surface area (Å²) in [6.45, 7) is 0. The summed E-state index contributed by atoms with van der Waals surface area (Å²) in [6.07, 6.45) is 0. The van der Waals surface area contributed by atoms with Crippen LogP contribution in [0, 0.1) is 0 Å². The molecule has 7 aromatic carbocycles. The molecule has 0 spiro atoms. The number of para-hydroxylation sites is 1. The Bertz CT molecular complexity index is 2360. The van der Waals surface area contributed by atoms with Crippen molar-refractivity contribution in [3.05, 3.63) is 176 Å². The van der Waals surface area contributed by atoms with Gasteiger partial charge in [0.15, 0.2) is 0 Å². The highest BCUT2D eigenvalue weighted by atomic mass is 15.1. The zero-order chi connectivity index (χ0) is 35.3. The Morgan fingerprint density at radius 1 is 0.390 bits per heavy atom. The van der Waals surface area contributed by atoms with Crippen LogP contribution in [-0.2, 0) is 0 Å². The minimum Gasteiger partial charge on any atom is -0.311 e. The highest BCUT2D eigenvalue weighted by molar-refractivity contribution is 5.97. The highest BCUT2D eigenvalue weighted by Crippen LogP contribution is 2.37. The Balaban J connectivity index is 1.34. The number of fused-ring (bicyclic) bond motifs is 1. The maximum Gasteiger partial charge on any atom is 0.0645 e. The van der Waals surface area contributed by atoms with Crippen molar-refractivity contribution in [1.29, 1.82) is 0 Å². The Kier molecular flexibility index (Phi) is 4.46. The smallest absolute Gasteiger partial charge is 0.0645 e. The lowest BCUT2D eigenvalue weighted by Gasteiger charge is -2.26. The summed E-state index contributed by atoms with van der Waals surface area (Å²) in [4.78, 5) is 1.64. The molecule has 0 aliphatic carbocycles. The summed E-state index contributed by atoms with van der Waals surface area (Å²) < 4.78 is 77.1. The number of hydrogen-bond acceptors (Lipinski definition) is 1. The van der Waals surface area contributed by atoms with E-state index in [0.717, 1.165) is 27.6 Å². The molecule has 1 nitrogen and oxygen atoms in total. The molecule has 0 radical (unpaired) electrons. The third-order valence-electron chi connectivity index (χ3n) is 7.02. The fourth-order valence-corrected chi connectivity index (χ4v) is 5.05. The van der Waals surface area contributed by atoms with E-state index in [4.69, 9.17) is 12.3 Å². The van der Waals surface area contributed by atoms with E-state index in [9.17, 15) is 0 Å². The van der Waals surface area contributed by atoms with E-state index >= 15 is 0 Å². The van der Waals surface area contributed by atoms with Crippen LogP contribution in [0.2, 0.25) is 0 Å². The van der Waals surface area contributed by atoms with E-state index in [1.54, 1.807) is 17.0 Å². The summed E-state index contributed by atoms with van der Waals surface area (Å²) >= 11 is 0. The second-order valence-electron chi connectivity index (χ2n) is 9.55. The first kappa shape index (κ1) is 16.6.